The molecule has 6 nitrogen and oxygen atoms in total. The topological polar surface area (TPSA) is 59.7 Å². The highest BCUT2D eigenvalue weighted by Crippen LogP contribution is 2.47. The maximum Gasteiger partial charge on any atom is 0.162 e. The largest absolute Gasteiger partial charge is 0.386 e. The lowest BCUT2D eigenvalue weighted by Crippen LogP contribution is -2.36. The van der Waals surface area contributed by atoms with E-state index in [4.69, 9.17) is 0 Å². The van der Waals surface area contributed by atoms with E-state index in [1.807, 2.05) is 49.1 Å². The van der Waals surface area contributed by atoms with E-state index in [0.717, 1.165) is 10.9 Å². The minimum atomic E-state index is -0.605. The van der Waals surface area contributed by atoms with Gasteiger partial charge < -0.3 is 15.2 Å². The van der Waals surface area contributed by atoms with Gasteiger partial charge in [0.15, 0.2) is 5.82 Å². The van der Waals surface area contributed by atoms with Crippen LogP contribution in [-0.4, -0.2) is 26.4 Å². The van der Waals surface area contributed by atoms with Gasteiger partial charge >= 0.3 is 0 Å². The summed E-state index contributed by atoms with van der Waals surface area (Å²) < 4.78 is 34.0. The average Bonchev–Trinajstić information content (AvgIpc) is 3.32. The molecule has 0 radical (unpaired) electrons. The van der Waals surface area contributed by atoms with Crippen molar-refractivity contribution in [1.29, 1.82) is 0 Å². The van der Waals surface area contributed by atoms with Crippen LogP contribution in [0.2, 0.25) is 0 Å². The van der Waals surface area contributed by atoms with Crippen molar-refractivity contribution < 1.29 is 8.78 Å². The molecule has 2 aromatic heterocycles. The van der Waals surface area contributed by atoms with Gasteiger partial charge in [-0.2, -0.15) is 0 Å². The third-order valence-electron chi connectivity index (χ3n) is 6.03. The van der Waals surface area contributed by atoms with Crippen LogP contribution in [0.15, 0.2) is 30.5 Å². The van der Waals surface area contributed by atoms with Crippen molar-refractivity contribution in [2.24, 2.45) is 0 Å². The lowest BCUT2D eigenvalue weighted by atomic mass is 9.94. The number of anilines is 2. The molecule has 0 spiro atoms. The molecule has 1 aliphatic heterocycles. The quantitative estimate of drug-likeness (QED) is 0.477. The highest BCUT2D eigenvalue weighted by molar-refractivity contribution is 6.02. The van der Waals surface area contributed by atoms with E-state index in [2.05, 4.69) is 20.8 Å². The molecule has 5 rings (SSSR count). The molecule has 3 heterocycles. The molecule has 4 aromatic rings. The minimum Gasteiger partial charge on any atom is -0.386 e. The van der Waals surface area contributed by atoms with Crippen molar-refractivity contribution in [2.45, 2.75) is 39.8 Å². The zero-order valence-corrected chi connectivity index (χ0v) is 18.1. The molecule has 0 atom stereocenters. The Bertz CT molecular complexity index is 1350. The molecular formula is C23H24F2N6. The van der Waals surface area contributed by atoms with Crippen LogP contribution in [0, 0.1) is 18.6 Å². The van der Waals surface area contributed by atoms with Crippen molar-refractivity contribution in [1.82, 2.24) is 19.3 Å². The summed E-state index contributed by atoms with van der Waals surface area (Å²) in [5.74, 6) is 0.562. The molecule has 0 aliphatic carbocycles. The Balaban J connectivity index is 1.88. The first-order chi connectivity index (χ1) is 14.8. The number of benzene rings is 2. The van der Waals surface area contributed by atoms with Crippen LogP contribution < -0.4 is 10.6 Å². The predicted molar refractivity (Wildman–Crippen MR) is 119 cm³/mol. The third kappa shape index (κ3) is 2.67. The minimum absolute atomic E-state index is 0.364. The summed E-state index contributed by atoms with van der Waals surface area (Å²) in [5.41, 5.74) is 3.03. The second-order valence-electron chi connectivity index (χ2n) is 8.40. The molecule has 0 fully saturated rings. The number of hydrogen-bond acceptors (Lipinski definition) is 4. The first-order valence-corrected chi connectivity index (χ1v) is 10.3. The Morgan fingerprint density at radius 3 is 2.61 bits per heavy atom. The fourth-order valence-electron chi connectivity index (χ4n) is 4.61. The van der Waals surface area contributed by atoms with E-state index < -0.39 is 11.4 Å². The van der Waals surface area contributed by atoms with Gasteiger partial charge in [0.25, 0.3) is 0 Å². The summed E-state index contributed by atoms with van der Waals surface area (Å²) in [5, 5.41) is 15.9. The normalized spacial score (nSPS) is 14.3. The monoisotopic (exact) mass is 422 g/mol. The zero-order chi connectivity index (χ0) is 22.1. The molecule has 0 amide bonds. The van der Waals surface area contributed by atoms with E-state index >= 15 is 4.39 Å². The SMILES string of the molecule is CCn1ccc2c(-c3cc(F)c4c(c3NC)-n3c(C)nnc3C(C)(C)N4)cc(F)cc21. The van der Waals surface area contributed by atoms with Crippen LogP contribution in [0.5, 0.6) is 0 Å². The number of aromatic nitrogens is 4. The molecular weight excluding hydrogens is 398 g/mol. The van der Waals surface area contributed by atoms with E-state index in [0.29, 0.717) is 46.4 Å². The maximum absolute atomic E-state index is 15.5. The second-order valence-corrected chi connectivity index (χ2v) is 8.40. The number of aryl methyl sites for hydroxylation is 2. The number of nitrogens with one attached hydrogen (secondary N) is 2. The molecule has 160 valence electrons. The van der Waals surface area contributed by atoms with Crippen LogP contribution in [-0.2, 0) is 12.1 Å². The van der Waals surface area contributed by atoms with Crippen LogP contribution in [0.3, 0.4) is 0 Å². The van der Waals surface area contributed by atoms with Crippen LogP contribution in [0.1, 0.15) is 32.4 Å². The first-order valence-electron chi connectivity index (χ1n) is 10.3. The lowest BCUT2D eigenvalue weighted by molar-refractivity contribution is 0.523. The second kappa shape index (κ2) is 6.54. The zero-order valence-electron chi connectivity index (χ0n) is 18.1. The van der Waals surface area contributed by atoms with Crippen LogP contribution in [0.25, 0.3) is 27.7 Å². The summed E-state index contributed by atoms with van der Waals surface area (Å²) in [7, 11) is 1.78. The number of fused-ring (bicyclic) bond motifs is 4. The first kappa shape index (κ1) is 19.5. The van der Waals surface area contributed by atoms with E-state index in [9.17, 15) is 4.39 Å². The molecule has 2 N–H and O–H groups in total. The van der Waals surface area contributed by atoms with Gasteiger partial charge in [-0.1, -0.05) is 0 Å². The standard InChI is InChI=1S/C23H24F2N6/c1-6-30-8-7-14-15(9-13(24)10-18(14)30)16-11-17(25)20-21(19(16)26-5)31-12(2)28-29-22(31)23(3,4)27-20/h7-11,26-27H,6H2,1-5H3. The van der Waals surface area contributed by atoms with Gasteiger partial charge in [-0.05, 0) is 57.5 Å². The van der Waals surface area contributed by atoms with E-state index in [-0.39, 0.29) is 5.82 Å². The Kier molecular flexibility index (Phi) is 4.12. The smallest absolute Gasteiger partial charge is 0.162 e. The number of rotatable bonds is 3. The molecule has 31 heavy (non-hydrogen) atoms. The summed E-state index contributed by atoms with van der Waals surface area (Å²) in [6.07, 6.45) is 1.92. The van der Waals surface area contributed by atoms with E-state index in [1.165, 1.54) is 18.2 Å². The molecule has 2 aromatic carbocycles. The highest BCUT2D eigenvalue weighted by Gasteiger charge is 2.37. The van der Waals surface area contributed by atoms with Gasteiger partial charge in [0.05, 0.1) is 28.1 Å². The molecule has 0 bridgehead atoms. The maximum atomic E-state index is 15.5. The van der Waals surface area contributed by atoms with Crippen molar-refractivity contribution in [3.63, 3.8) is 0 Å². The van der Waals surface area contributed by atoms with Crippen LogP contribution >= 0.6 is 0 Å². The number of halogens is 2. The van der Waals surface area contributed by atoms with Gasteiger partial charge in [-0.3, -0.25) is 4.57 Å². The lowest BCUT2D eigenvalue weighted by Gasteiger charge is -2.35. The van der Waals surface area contributed by atoms with Gasteiger partial charge in [0, 0.05) is 30.7 Å². The summed E-state index contributed by atoms with van der Waals surface area (Å²) in [6.45, 7) is 8.43. The summed E-state index contributed by atoms with van der Waals surface area (Å²) in [6, 6.07) is 6.39. The molecule has 0 unspecified atom stereocenters. The van der Waals surface area contributed by atoms with Gasteiger partial charge in [0.2, 0.25) is 0 Å². The predicted octanol–water partition coefficient (Wildman–Crippen LogP) is 5.20. The Hall–Kier alpha value is -3.42. The van der Waals surface area contributed by atoms with Crippen molar-refractivity contribution in [2.75, 3.05) is 17.7 Å². The third-order valence-corrected chi connectivity index (χ3v) is 6.03. The van der Waals surface area contributed by atoms with Crippen molar-refractivity contribution >= 4 is 22.3 Å². The summed E-state index contributed by atoms with van der Waals surface area (Å²) >= 11 is 0. The fraction of sp³-hybridized carbons (Fsp3) is 0.304. The number of hydrogen-bond donors (Lipinski definition) is 2. The molecule has 0 saturated heterocycles. The molecule has 0 saturated carbocycles. The highest BCUT2D eigenvalue weighted by atomic mass is 19.1. The number of nitrogens with zero attached hydrogens (tertiary/aromatic N) is 4. The van der Waals surface area contributed by atoms with Gasteiger partial charge in [-0.15, -0.1) is 10.2 Å². The van der Waals surface area contributed by atoms with Gasteiger partial charge in [0.1, 0.15) is 17.5 Å². The van der Waals surface area contributed by atoms with Crippen molar-refractivity contribution in [3.05, 3.63) is 53.7 Å². The Morgan fingerprint density at radius 1 is 1.13 bits per heavy atom. The van der Waals surface area contributed by atoms with Crippen LogP contribution in [0.4, 0.5) is 20.2 Å². The van der Waals surface area contributed by atoms with E-state index in [1.54, 1.807) is 7.05 Å². The fourth-order valence-corrected chi connectivity index (χ4v) is 4.61. The Morgan fingerprint density at radius 2 is 1.90 bits per heavy atom. The van der Waals surface area contributed by atoms with Crippen molar-refractivity contribution in [3.8, 4) is 16.8 Å². The summed E-state index contributed by atoms with van der Waals surface area (Å²) in [4.78, 5) is 0. The molecule has 1 aliphatic rings. The molecule has 8 heteroatoms. The van der Waals surface area contributed by atoms with Gasteiger partial charge in [-0.25, -0.2) is 8.78 Å². The Labute approximate surface area is 178 Å². The average molecular weight is 422 g/mol.